The van der Waals surface area contributed by atoms with Crippen molar-refractivity contribution in [1.82, 2.24) is 0 Å². The van der Waals surface area contributed by atoms with Crippen LogP contribution in [0, 0.1) is 0 Å². The lowest BCUT2D eigenvalue weighted by atomic mass is 10.1. The van der Waals surface area contributed by atoms with Gasteiger partial charge in [-0.2, -0.15) is 13.2 Å². The molecule has 94 valence electrons. The first kappa shape index (κ1) is 13.8. The maximum Gasteiger partial charge on any atom is 0.416 e. The third kappa shape index (κ3) is 3.93. The molecule has 0 aliphatic carbocycles. The number of hydrogen-bond acceptors (Lipinski definition) is 2. The summed E-state index contributed by atoms with van der Waals surface area (Å²) in [6.07, 6.45) is -5.25. The highest BCUT2D eigenvalue weighted by Crippen LogP contribution is 2.33. The first-order chi connectivity index (χ1) is 7.70. The lowest BCUT2D eigenvalue weighted by Gasteiger charge is -2.15. The number of benzene rings is 1. The van der Waals surface area contributed by atoms with Crippen LogP contribution in [0.3, 0.4) is 0 Å². The van der Waals surface area contributed by atoms with Gasteiger partial charge in [0.2, 0.25) is 0 Å². The normalized spacial score (nSPS) is 13.3. The first-order valence-electron chi connectivity index (χ1n) is 4.75. The van der Waals surface area contributed by atoms with Crippen LogP contribution in [-0.2, 0) is 15.7 Å². The molecule has 2 nitrogen and oxygen atoms in total. The Labute approximate surface area is 101 Å². The van der Waals surface area contributed by atoms with Crippen LogP contribution in [0.15, 0.2) is 18.2 Å². The van der Waals surface area contributed by atoms with Crippen molar-refractivity contribution < 1.29 is 22.7 Å². The summed E-state index contributed by atoms with van der Waals surface area (Å²) < 4.78 is 42.3. The van der Waals surface area contributed by atoms with E-state index in [0.29, 0.717) is 0 Å². The van der Waals surface area contributed by atoms with Crippen LogP contribution < -0.4 is 0 Å². The number of halogens is 4. The Kier molecular flexibility index (Phi) is 4.03. The van der Waals surface area contributed by atoms with Crippen LogP contribution in [0.1, 0.15) is 31.1 Å². The molecular weight excluding hydrogens is 257 g/mol. The number of carbonyl (C=O) groups excluding carboxylic acids is 1. The zero-order valence-corrected chi connectivity index (χ0v) is 9.89. The predicted octanol–water partition coefficient (Wildman–Crippen LogP) is 3.98. The smallest absolute Gasteiger partial charge is 0.416 e. The molecule has 0 saturated heterocycles. The number of carbonyl (C=O) groups is 1. The molecule has 0 fully saturated rings. The maximum atomic E-state index is 12.5. The van der Waals surface area contributed by atoms with E-state index >= 15 is 0 Å². The minimum atomic E-state index is -4.48. The van der Waals surface area contributed by atoms with E-state index < -0.39 is 23.8 Å². The van der Waals surface area contributed by atoms with Gasteiger partial charge in [-0.15, -0.1) is 0 Å². The van der Waals surface area contributed by atoms with Crippen LogP contribution in [0.4, 0.5) is 13.2 Å². The number of alkyl halides is 3. The minimum absolute atomic E-state index is 0.0474. The zero-order chi connectivity index (χ0) is 13.2. The van der Waals surface area contributed by atoms with Gasteiger partial charge in [-0.3, -0.25) is 4.79 Å². The molecule has 0 N–H and O–H groups in total. The highest BCUT2D eigenvalue weighted by molar-refractivity contribution is 6.30. The van der Waals surface area contributed by atoms with E-state index in [-0.39, 0.29) is 10.6 Å². The number of ether oxygens (including phenoxy) is 1. The van der Waals surface area contributed by atoms with E-state index in [1.165, 1.54) is 19.9 Å². The Morgan fingerprint density at radius 3 is 2.41 bits per heavy atom. The molecule has 0 heterocycles. The van der Waals surface area contributed by atoms with Gasteiger partial charge in [0.15, 0.2) is 0 Å². The van der Waals surface area contributed by atoms with Gasteiger partial charge in [0.25, 0.3) is 0 Å². The second-order valence-electron chi connectivity index (χ2n) is 3.52. The van der Waals surface area contributed by atoms with Gasteiger partial charge < -0.3 is 4.74 Å². The van der Waals surface area contributed by atoms with Crippen molar-refractivity contribution in [2.24, 2.45) is 0 Å². The van der Waals surface area contributed by atoms with Crippen LogP contribution >= 0.6 is 11.6 Å². The van der Waals surface area contributed by atoms with E-state index in [1.807, 2.05) is 0 Å². The second kappa shape index (κ2) is 4.96. The molecule has 17 heavy (non-hydrogen) atoms. The van der Waals surface area contributed by atoms with Gasteiger partial charge in [0, 0.05) is 11.9 Å². The highest BCUT2D eigenvalue weighted by Gasteiger charge is 2.31. The Morgan fingerprint density at radius 1 is 1.35 bits per heavy atom. The molecule has 0 spiro atoms. The standard InChI is InChI=1S/C11H10ClF3O2/c1-6(17-7(2)16)8-3-9(11(13,14)15)5-10(12)4-8/h3-6H,1-2H3. The molecule has 0 radical (unpaired) electrons. The van der Waals surface area contributed by atoms with Crippen molar-refractivity contribution in [3.8, 4) is 0 Å². The molecule has 1 aromatic rings. The topological polar surface area (TPSA) is 26.3 Å². The zero-order valence-electron chi connectivity index (χ0n) is 9.14. The van der Waals surface area contributed by atoms with Crippen LogP contribution in [0.25, 0.3) is 0 Å². The molecule has 1 atom stereocenters. The average molecular weight is 267 g/mol. The molecular formula is C11H10ClF3O2. The Hall–Kier alpha value is -1.23. The van der Waals surface area contributed by atoms with Crippen LogP contribution in [0.5, 0.6) is 0 Å². The van der Waals surface area contributed by atoms with E-state index in [0.717, 1.165) is 12.1 Å². The largest absolute Gasteiger partial charge is 0.458 e. The van der Waals surface area contributed by atoms with Gasteiger partial charge in [0.05, 0.1) is 5.56 Å². The van der Waals surface area contributed by atoms with Crippen LogP contribution in [0.2, 0.25) is 5.02 Å². The quantitative estimate of drug-likeness (QED) is 0.757. The predicted molar refractivity (Wildman–Crippen MR) is 56.6 cm³/mol. The molecule has 0 amide bonds. The average Bonchev–Trinajstić information content (AvgIpc) is 2.14. The molecule has 0 saturated carbocycles. The van der Waals surface area contributed by atoms with Gasteiger partial charge in [0.1, 0.15) is 6.10 Å². The third-order valence-corrected chi connectivity index (χ3v) is 2.28. The maximum absolute atomic E-state index is 12.5. The fourth-order valence-electron chi connectivity index (χ4n) is 1.33. The number of hydrogen-bond donors (Lipinski definition) is 0. The van der Waals surface area contributed by atoms with E-state index in [1.54, 1.807) is 0 Å². The molecule has 1 rings (SSSR count). The van der Waals surface area contributed by atoms with Gasteiger partial charge in [-0.05, 0) is 30.7 Å². The van der Waals surface area contributed by atoms with E-state index in [2.05, 4.69) is 0 Å². The van der Waals surface area contributed by atoms with Crippen molar-refractivity contribution in [3.63, 3.8) is 0 Å². The van der Waals surface area contributed by atoms with E-state index in [9.17, 15) is 18.0 Å². The molecule has 0 aliphatic rings. The molecule has 0 aromatic heterocycles. The number of rotatable bonds is 2. The molecule has 0 bridgehead atoms. The monoisotopic (exact) mass is 266 g/mol. The highest BCUT2D eigenvalue weighted by atomic mass is 35.5. The Morgan fingerprint density at radius 2 is 1.94 bits per heavy atom. The van der Waals surface area contributed by atoms with Crippen molar-refractivity contribution in [2.45, 2.75) is 26.1 Å². The minimum Gasteiger partial charge on any atom is -0.458 e. The molecule has 1 unspecified atom stereocenters. The fraction of sp³-hybridized carbons (Fsp3) is 0.364. The fourth-order valence-corrected chi connectivity index (χ4v) is 1.57. The molecule has 1 aromatic carbocycles. The third-order valence-electron chi connectivity index (χ3n) is 2.06. The molecule has 0 aliphatic heterocycles. The van der Waals surface area contributed by atoms with Gasteiger partial charge in [-0.1, -0.05) is 11.6 Å². The van der Waals surface area contributed by atoms with Gasteiger partial charge in [-0.25, -0.2) is 0 Å². The van der Waals surface area contributed by atoms with Crippen molar-refractivity contribution in [2.75, 3.05) is 0 Å². The van der Waals surface area contributed by atoms with E-state index in [4.69, 9.17) is 16.3 Å². The van der Waals surface area contributed by atoms with Gasteiger partial charge >= 0.3 is 12.1 Å². The SMILES string of the molecule is CC(=O)OC(C)c1cc(Cl)cc(C(F)(F)F)c1. The Bertz CT molecular complexity index is 429. The summed E-state index contributed by atoms with van der Waals surface area (Å²) in [5, 5.41) is -0.0474. The lowest BCUT2D eigenvalue weighted by Crippen LogP contribution is -2.09. The summed E-state index contributed by atoms with van der Waals surface area (Å²) in [5.41, 5.74) is -0.654. The van der Waals surface area contributed by atoms with Crippen molar-refractivity contribution in [1.29, 1.82) is 0 Å². The summed E-state index contributed by atoms with van der Waals surface area (Å²) in [6.45, 7) is 2.67. The van der Waals surface area contributed by atoms with Crippen LogP contribution in [-0.4, -0.2) is 5.97 Å². The Balaban J connectivity index is 3.09. The first-order valence-corrected chi connectivity index (χ1v) is 5.13. The summed E-state index contributed by atoms with van der Waals surface area (Å²) in [5.74, 6) is -0.564. The summed E-state index contributed by atoms with van der Waals surface area (Å²) >= 11 is 5.60. The second-order valence-corrected chi connectivity index (χ2v) is 3.96. The summed E-state index contributed by atoms with van der Waals surface area (Å²) in [6, 6.07) is 3.08. The lowest BCUT2D eigenvalue weighted by molar-refractivity contribution is -0.145. The van der Waals surface area contributed by atoms with Crippen molar-refractivity contribution >= 4 is 17.6 Å². The summed E-state index contributed by atoms with van der Waals surface area (Å²) in [7, 11) is 0. The summed E-state index contributed by atoms with van der Waals surface area (Å²) in [4.78, 5) is 10.7. The molecule has 6 heteroatoms. The van der Waals surface area contributed by atoms with Crippen molar-refractivity contribution in [3.05, 3.63) is 34.3 Å². The number of esters is 1.